The maximum absolute atomic E-state index is 4.91. The van der Waals surface area contributed by atoms with Gasteiger partial charge in [-0.05, 0) is 44.0 Å². The Morgan fingerprint density at radius 2 is 2.06 bits per heavy atom. The van der Waals surface area contributed by atoms with Gasteiger partial charge >= 0.3 is 0 Å². The predicted octanol–water partition coefficient (Wildman–Crippen LogP) is 2.85. The van der Waals surface area contributed by atoms with Crippen molar-refractivity contribution < 1.29 is 0 Å². The molecule has 5 heterocycles. The molecule has 0 radical (unpaired) electrons. The molecule has 1 aliphatic heterocycles. The van der Waals surface area contributed by atoms with Crippen molar-refractivity contribution in [2.75, 3.05) is 18.5 Å². The first-order valence-corrected chi connectivity index (χ1v) is 11.0. The number of nitrogens with zero attached hydrogens (tertiary/aromatic N) is 8. The minimum atomic E-state index is 0.341. The van der Waals surface area contributed by atoms with Gasteiger partial charge in [-0.25, -0.2) is 15.0 Å². The van der Waals surface area contributed by atoms with Gasteiger partial charge in [-0.1, -0.05) is 6.07 Å². The summed E-state index contributed by atoms with van der Waals surface area (Å²) in [7, 11) is 2.18. The third-order valence-electron chi connectivity index (χ3n) is 6.55. The average molecular weight is 415 g/mol. The van der Waals surface area contributed by atoms with E-state index in [0.29, 0.717) is 6.04 Å². The van der Waals surface area contributed by atoms with Crippen LogP contribution in [0.15, 0.2) is 49.2 Å². The minimum absolute atomic E-state index is 0.341. The van der Waals surface area contributed by atoms with Gasteiger partial charge in [0.25, 0.3) is 0 Å². The lowest BCUT2D eigenvalue weighted by molar-refractivity contribution is 0.206. The van der Waals surface area contributed by atoms with Crippen LogP contribution >= 0.6 is 0 Å². The maximum atomic E-state index is 4.91. The van der Waals surface area contributed by atoms with Crippen molar-refractivity contribution in [2.24, 2.45) is 0 Å². The van der Waals surface area contributed by atoms with E-state index in [-0.39, 0.29) is 0 Å². The second kappa shape index (κ2) is 7.46. The summed E-state index contributed by atoms with van der Waals surface area (Å²) in [5.41, 5.74) is 4.60. The van der Waals surface area contributed by atoms with Gasteiger partial charge in [0, 0.05) is 50.6 Å². The Bertz CT molecular complexity index is 1230. The van der Waals surface area contributed by atoms with E-state index >= 15 is 0 Å². The molecule has 0 N–H and O–H groups in total. The molecule has 0 spiro atoms. The lowest BCUT2D eigenvalue weighted by Gasteiger charge is -2.31. The van der Waals surface area contributed by atoms with Gasteiger partial charge in [-0.3, -0.25) is 14.3 Å². The van der Waals surface area contributed by atoms with E-state index in [1.165, 1.54) is 17.7 Å². The van der Waals surface area contributed by atoms with E-state index in [1.807, 2.05) is 36.9 Å². The van der Waals surface area contributed by atoms with Crippen LogP contribution in [-0.2, 0) is 26.1 Å². The Kier molecular flexibility index (Phi) is 4.45. The van der Waals surface area contributed by atoms with E-state index in [1.54, 1.807) is 0 Å². The SMILES string of the molecule is CN(Cc1cn2c(N3CCn4ccnc4C3)nccc2n1)C1CCCc2cccnc21. The highest BCUT2D eigenvalue weighted by Gasteiger charge is 2.26. The Hall–Kier alpha value is -3.26. The zero-order chi connectivity index (χ0) is 20.8. The highest BCUT2D eigenvalue weighted by atomic mass is 15.3. The van der Waals surface area contributed by atoms with E-state index in [2.05, 4.69) is 48.0 Å². The highest BCUT2D eigenvalue weighted by Crippen LogP contribution is 2.32. The molecule has 1 aliphatic carbocycles. The fourth-order valence-corrected chi connectivity index (χ4v) is 4.99. The van der Waals surface area contributed by atoms with Crippen LogP contribution in [0.25, 0.3) is 5.65 Å². The molecule has 2 aliphatic rings. The van der Waals surface area contributed by atoms with Crippen molar-refractivity contribution in [3.63, 3.8) is 0 Å². The maximum Gasteiger partial charge on any atom is 0.211 e. The number of anilines is 1. The summed E-state index contributed by atoms with van der Waals surface area (Å²) in [5.74, 6) is 2.01. The van der Waals surface area contributed by atoms with Gasteiger partial charge in [-0.15, -0.1) is 0 Å². The summed E-state index contributed by atoms with van der Waals surface area (Å²) in [6.07, 6.45) is 13.3. The lowest BCUT2D eigenvalue weighted by atomic mass is 9.91. The largest absolute Gasteiger partial charge is 0.333 e. The van der Waals surface area contributed by atoms with E-state index in [4.69, 9.17) is 9.97 Å². The number of rotatable bonds is 4. The molecule has 4 aromatic rings. The summed E-state index contributed by atoms with van der Waals surface area (Å²) in [6, 6.07) is 6.59. The first-order chi connectivity index (χ1) is 15.3. The van der Waals surface area contributed by atoms with Crippen LogP contribution in [-0.4, -0.2) is 47.4 Å². The molecule has 1 atom stereocenters. The van der Waals surface area contributed by atoms with Crippen molar-refractivity contribution in [2.45, 2.75) is 44.9 Å². The summed E-state index contributed by atoms with van der Waals surface area (Å²) >= 11 is 0. The fraction of sp³-hybridized carbons (Fsp3) is 0.391. The number of aromatic nitrogens is 6. The number of aryl methyl sites for hydroxylation is 1. The number of fused-ring (bicyclic) bond motifs is 3. The number of imidazole rings is 2. The second-order valence-corrected chi connectivity index (χ2v) is 8.53. The Morgan fingerprint density at radius 3 is 3.03 bits per heavy atom. The zero-order valence-corrected chi connectivity index (χ0v) is 17.7. The number of hydrogen-bond acceptors (Lipinski definition) is 6. The molecule has 0 aromatic carbocycles. The van der Waals surface area contributed by atoms with Gasteiger partial charge in [-0.2, -0.15) is 0 Å². The second-order valence-electron chi connectivity index (χ2n) is 8.53. The van der Waals surface area contributed by atoms with Crippen LogP contribution in [0.1, 0.15) is 41.7 Å². The van der Waals surface area contributed by atoms with E-state index in [0.717, 1.165) is 62.1 Å². The molecule has 0 saturated heterocycles. The summed E-state index contributed by atoms with van der Waals surface area (Å²) in [4.78, 5) is 23.5. The van der Waals surface area contributed by atoms with Crippen LogP contribution in [0.5, 0.6) is 0 Å². The van der Waals surface area contributed by atoms with Gasteiger partial charge in [0.1, 0.15) is 11.5 Å². The zero-order valence-electron chi connectivity index (χ0n) is 17.7. The highest BCUT2D eigenvalue weighted by molar-refractivity contribution is 5.48. The summed E-state index contributed by atoms with van der Waals surface area (Å²) in [6.45, 7) is 3.38. The molecule has 0 fully saturated rings. The third kappa shape index (κ3) is 3.27. The van der Waals surface area contributed by atoms with Crippen molar-refractivity contribution in [1.29, 1.82) is 0 Å². The molecule has 8 nitrogen and oxygen atoms in total. The quantitative estimate of drug-likeness (QED) is 0.512. The first-order valence-electron chi connectivity index (χ1n) is 11.0. The van der Waals surface area contributed by atoms with E-state index in [9.17, 15) is 0 Å². The van der Waals surface area contributed by atoms with Crippen LogP contribution in [0.3, 0.4) is 0 Å². The monoisotopic (exact) mass is 414 g/mol. The molecule has 31 heavy (non-hydrogen) atoms. The molecule has 158 valence electrons. The average Bonchev–Trinajstić information content (AvgIpc) is 3.44. The molecule has 8 heteroatoms. The summed E-state index contributed by atoms with van der Waals surface area (Å²) < 4.78 is 4.33. The topological polar surface area (TPSA) is 67.4 Å². The van der Waals surface area contributed by atoms with Gasteiger partial charge in [0.15, 0.2) is 0 Å². The van der Waals surface area contributed by atoms with Gasteiger partial charge < -0.3 is 9.47 Å². The molecular formula is C23H26N8. The van der Waals surface area contributed by atoms with Gasteiger partial charge in [0.2, 0.25) is 5.95 Å². The minimum Gasteiger partial charge on any atom is -0.333 e. The summed E-state index contributed by atoms with van der Waals surface area (Å²) in [5, 5.41) is 0. The van der Waals surface area contributed by atoms with Crippen LogP contribution in [0.2, 0.25) is 0 Å². The molecular weight excluding hydrogens is 388 g/mol. The fourth-order valence-electron chi connectivity index (χ4n) is 4.99. The third-order valence-corrected chi connectivity index (χ3v) is 6.55. The van der Waals surface area contributed by atoms with Crippen molar-refractivity contribution in [3.8, 4) is 0 Å². The molecule has 0 amide bonds. The molecule has 0 bridgehead atoms. The van der Waals surface area contributed by atoms with E-state index < -0.39 is 0 Å². The van der Waals surface area contributed by atoms with Crippen LogP contribution < -0.4 is 4.90 Å². The van der Waals surface area contributed by atoms with Crippen molar-refractivity contribution in [1.82, 2.24) is 33.8 Å². The standard InChI is InChI=1S/C23H26N8/c1-28(19-6-2-4-17-5-3-8-25-22(17)19)14-18-15-31-20(27-18)7-9-26-23(31)30-13-12-29-11-10-24-21(29)16-30/h3,5,7-11,15,19H,2,4,6,12-14,16H2,1H3. The number of hydrogen-bond donors (Lipinski definition) is 0. The Morgan fingerprint density at radius 1 is 1.10 bits per heavy atom. The molecule has 6 rings (SSSR count). The van der Waals surface area contributed by atoms with Crippen molar-refractivity contribution >= 4 is 11.6 Å². The first kappa shape index (κ1) is 18.5. The molecule has 4 aromatic heterocycles. The predicted molar refractivity (Wildman–Crippen MR) is 118 cm³/mol. The lowest BCUT2D eigenvalue weighted by Crippen LogP contribution is -2.35. The van der Waals surface area contributed by atoms with Crippen LogP contribution in [0.4, 0.5) is 5.95 Å². The normalized spacial score (nSPS) is 18.4. The Balaban J connectivity index is 1.27. The molecule has 1 unspecified atom stereocenters. The smallest absolute Gasteiger partial charge is 0.211 e. The molecule has 0 saturated carbocycles. The van der Waals surface area contributed by atoms with Crippen LogP contribution in [0, 0.1) is 0 Å². The Labute approximate surface area is 181 Å². The van der Waals surface area contributed by atoms with Gasteiger partial charge in [0.05, 0.1) is 24.0 Å². The van der Waals surface area contributed by atoms with Crippen molar-refractivity contribution in [3.05, 3.63) is 72.0 Å². The number of pyridine rings is 1.